The van der Waals surface area contributed by atoms with Gasteiger partial charge in [-0.2, -0.15) is 0 Å². The van der Waals surface area contributed by atoms with Gasteiger partial charge in [-0.05, 0) is 0 Å². The van der Waals surface area contributed by atoms with Crippen molar-refractivity contribution in [2.75, 3.05) is 13.2 Å². The minimum atomic E-state index is -2.45. The van der Waals surface area contributed by atoms with E-state index in [-0.39, 0.29) is 30.3 Å². The number of allylic oxidation sites excluding steroid dienone is 1. The van der Waals surface area contributed by atoms with Crippen LogP contribution in [0.4, 0.5) is 4.79 Å². The maximum absolute atomic E-state index is 13.8. The molecular formula is C31H61NO5Si2Sn. The first-order valence-electron chi connectivity index (χ1n) is 16.2. The summed E-state index contributed by atoms with van der Waals surface area (Å²) < 4.78 is 28.7. The van der Waals surface area contributed by atoms with Gasteiger partial charge in [0.25, 0.3) is 0 Å². The first-order valence-corrected chi connectivity index (χ1v) is 32.4. The zero-order valence-electron chi connectivity index (χ0n) is 27.9. The molecule has 40 heavy (non-hydrogen) atoms. The molecule has 0 unspecified atom stereocenters. The predicted octanol–water partition coefficient (Wildman–Crippen LogP) is 8.50. The number of hydrogen-bond donors (Lipinski definition) is 0. The van der Waals surface area contributed by atoms with E-state index in [1.165, 1.54) is 3.78 Å². The molecule has 2 saturated heterocycles. The van der Waals surface area contributed by atoms with Gasteiger partial charge >= 0.3 is 234 Å². The second-order valence-electron chi connectivity index (χ2n) is 15.5. The number of amides is 1. The molecule has 232 valence electrons. The van der Waals surface area contributed by atoms with Crippen molar-refractivity contribution in [1.29, 1.82) is 0 Å². The molecule has 1 spiro atoms. The fourth-order valence-electron chi connectivity index (χ4n) is 6.92. The Balaban J connectivity index is 1.99. The fourth-order valence-corrected chi connectivity index (χ4v) is 14.2. The zero-order valence-corrected chi connectivity index (χ0v) is 32.7. The topological polar surface area (TPSA) is 57.2 Å². The smallest absolute Gasteiger partial charge is 0.0694 e. The van der Waals surface area contributed by atoms with Crippen LogP contribution < -0.4 is 0 Å². The number of carbonyl (C=O) groups excluding carboxylic acids is 1. The average Bonchev–Trinajstić information content (AvgIpc) is 3.23. The molecule has 0 radical (unpaired) electrons. The van der Waals surface area contributed by atoms with Gasteiger partial charge in [-0.15, -0.1) is 0 Å². The molecule has 3 aliphatic heterocycles. The van der Waals surface area contributed by atoms with Gasteiger partial charge < -0.3 is 0 Å². The van der Waals surface area contributed by atoms with Crippen LogP contribution in [0.3, 0.4) is 0 Å². The minimum absolute atomic E-state index is 0.0520. The van der Waals surface area contributed by atoms with E-state index >= 15 is 0 Å². The summed E-state index contributed by atoms with van der Waals surface area (Å²) in [6.45, 7) is 21.8. The number of nitrogens with zero attached hydrogens (tertiary/aromatic N) is 1. The van der Waals surface area contributed by atoms with Crippen LogP contribution in [0.1, 0.15) is 60.8 Å². The van der Waals surface area contributed by atoms with Gasteiger partial charge in [0.15, 0.2) is 0 Å². The zero-order chi connectivity index (χ0) is 30.1. The summed E-state index contributed by atoms with van der Waals surface area (Å²) in [6, 6.07) is 4.25. The van der Waals surface area contributed by atoms with Gasteiger partial charge in [0.1, 0.15) is 0 Å². The Labute approximate surface area is 252 Å². The molecule has 9 heteroatoms. The predicted molar refractivity (Wildman–Crippen MR) is 174 cm³/mol. The molecule has 0 N–H and O–H groups in total. The average molecular weight is 703 g/mol. The van der Waals surface area contributed by atoms with E-state index in [0.717, 1.165) is 37.0 Å². The molecule has 6 nitrogen and oxygen atoms in total. The Morgan fingerprint density at radius 3 is 2.25 bits per heavy atom. The normalized spacial score (nSPS) is 33.6. The Kier molecular flexibility index (Phi) is 11.5. The molecule has 3 heterocycles. The third kappa shape index (κ3) is 7.91. The molecule has 0 aromatic carbocycles. The number of hydrogen-bond acceptors (Lipinski definition) is 5. The number of rotatable bonds is 10. The Bertz CT molecular complexity index is 891. The molecule has 0 aliphatic carbocycles. The second-order valence-corrected chi connectivity index (χ2v) is 40.1. The molecule has 3 aliphatic rings. The summed E-state index contributed by atoms with van der Waals surface area (Å²) in [5, 5.41) is 0. The molecular weight excluding hydrogens is 641 g/mol. The number of carbonyl (C=O) groups is 1. The molecule has 3 rings (SSSR count). The minimum Gasteiger partial charge on any atom is -0.0694 e. The molecule has 0 aromatic heterocycles. The van der Waals surface area contributed by atoms with Crippen molar-refractivity contribution in [3.63, 3.8) is 0 Å². The standard InChI is InChI=1S/C28H52NO5Si2.3CH3.Sn/c1-10-36(11-2,12-3)34-25-19-28(33-26(25)24-18-21(4)13-14-31-24)23(6)17-22(5)20-29(28)27(30)32-15-16-35(7,8)9;;;;/h13,21-26H,10-12,15-20H2,1-9H3;3*1H3;/t21-,22-,23+,24-,25-,26-,28+;;;;/m1..../s1. The van der Waals surface area contributed by atoms with Crippen molar-refractivity contribution < 1.29 is 23.4 Å². The first-order chi connectivity index (χ1) is 18.5. The Morgan fingerprint density at radius 2 is 1.70 bits per heavy atom. The molecule has 1 amide bonds. The summed E-state index contributed by atoms with van der Waals surface area (Å²) in [4.78, 5) is 23.0. The maximum atomic E-state index is 13.8. The summed E-state index contributed by atoms with van der Waals surface area (Å²) in [6.07, 6.45) is 4.50. The molecule has 2 fully saturated rings. The monoisotopic (exact) mass is 703 g/mol. The first kappa shape index (κ1) is 34.5. The van der Waals surface area contributed by atoms with Crippen molar-refractivity contribution in [2.24, 2.45) is 17.8 Å². The summed E-state index contributed by atoms with van der Waals surface area (Å²) in [5.41, 5.74) is -0.716. The van der Waals surface area contributed by atoms with Crippen LogP contribution in [0.2, 0.25) is 58.6 Å². The van der Waals surface area contributed by atoms with Crippen LogP contribution in [-0.2, 0) is 18.6 Å². The third-order valence-electron chi connectivity index (χ3n) is 9.73. The van der Waals surface area contributed by atoms with E-state index in [9.17, 15) is 4.79 Å². The van der Waals surface area contributed by atoms with Crippen LogP contribution >= 0.6 is 0 Å². The van der Waals surface area contributed by atoms with Gasteiger partial charge in [0.2, 0.25) is 0 Å². The van der Waals surface area contributed by atoms with E-state index in [2.05, 4.69) is 82.1 Å². The van der Waals surface area contributed by atoms with Crippen LogP contribution in [-0.4, -0.2) is 82.9 Å². The Hall–Kier alpha value is -0.0375. The van der Waals surface area contributed by atoms with Crippen LogP contribution in [0.5, 0.6) is 0 Å². The van der Waals surface area contributed by atoms with Crippen molar-refractivity contribution in [3.05, 3.63) is 9.85 Å². The van der Waals surface area contributed by atoms with E-state index in [4.69, 9.17) is 18.6 Å². The van der Waals surface area contributed by atoms with Gasteiger partial charge in [-0.1, -0.05) is 19.6 Å². The third-order valence-corrected chi connectivity index (χ3v) is 21.1. The van der Waals surface area contributed by atoms with E-state index < -0.39 is 40.5 Å². The number of likely N-dealkylation sites (tertiary alicyclic amines) is 1. The molecule has 0 saturated carbocycles. The van der Waals surface area contributed by atoms with Gasteiger partial charge in [-0.25, -0.2) is 0 Å². The van der Waals surface area contributed by atoms with E-state index in [1.807, 2.05) is 4.90 Å². The summed E-state index contributed by atoms with van der Waals surface area (Å²) in [5.74, 6) is 1.04. The van der Waals surface area contributed by atoms with Crippen molar-refractivity contribution in [1.82, 2.24) is 4.90 Å². The van der Waals surface area contributed by atoms with Crippen LogP contribution in [0.15, 0.2) is 9.85 Å². The number of ether oxygens (including phenoxy) is 3. The second kappa shape index (κ2) is 13.3. The molecule has 0 bridgehead atoms. The van der Waals surface area contributed by atoms with Crippen molar-refractivity contribution in [2.45, 2.75) is 143 Å². The van der Waals surface area contributed by atoms with Gasteiger partial charge in [-0.3, -0.25) is 0 Å². The molecule has 0 aromatic rings. The quantitative estimate of drug-likeness (QED) is 0.214. The fraction of sp³-hybridized carbons (Fsp3) is 0.903. The summed E-state index contributed by atoms with van der Waals surface area (Å²) in [7, 11) is -3.25. The van der Waals surface area contributed by atoms with Crippen molar-refractivity contribution >= 4 is 40.9 Å². The van der Waals surface area contributed by atoms with Crippen LogP contribution in [0.25, 0.3) is 0 Å². The SMILES string of the molecule is CC[Si](CC)(CC)O[C@@H]1C[C@]2(O[C@@H]1[C@H]1C[C@H](C)C=[C]([Sn]([CH3])([CH3])[CH3])O1)[C@@H](C)C[C@@H](C)CN2C(=O)OCC[Si](C)(C)C. The van der Waals surface area contributed by atoms with Gasteiger partial charge in [0, 0.05) is 0 Å². The van der Waals surface area contributed by atoms with Gasteiger partial charge in [0.05, 0.1) is 0 Å². The Morgan fingerprint density at radius 1 is 1.07 bits per heavy atom. The summed E-state index contributed by atoms with van der Waals surface area (Å²) >= 11 is -2.45. The van der Waals surface area contributed by atoms with E-state index in [0.29, 0.717) is 31.4 Å². The molecule has 7 atom stereocenters. The van der Waals surface area contributed by atoms with E-state index in [1.54, 1.807) is 0 Å². The number of piperidine rings is 1. The van der Waals surface area contributed by atoms with Crippen molar-refractivity contribution in [3.8, 4) is 0 Å². The van der Waals surface area contributed by atoms with Crippen LogP contribution in [0, 0.1) is 17.8 Å².